The third-order valence-corrected chi connectivity index (χ3v) is 3.03. The summed E-state index contributed by atoms with van der Waals surface area (Å²) in [5.41, 5.74) is 2.14. The van der Waals surface area contributed by atoms with Crippen molar-refractivity contribution in [1.29, 1.82) is 0 Å². The van der Waals surface area contributed by atoms with Crippen molar-refractivity contribution in [3.05, 3.63) is 33.8 Å². The normalized spacial score (nSPS) is 12.8. The Bertz CT molecular complexity index is 312. The number of methoxy groups -OCH3 is 1. The van der Waals surface area contributed by atoms with Crippen LogP contribution in [0.4, 0.5) is 0 Å². The second-order valence-corrected chi connectivity index (χ2v) is 4.53. The zero-order valence-corrected chi connectivity index (χ0v) is 10.8. The lowest BCUT2D eigenvalue weighted by Crippen LogP contribution is -2.01. The molecule has 0 saturated heterocycles. The lowest BCUT2D eigenvalue weighted by Gasteiger charge is -2.13. The molecule has 1 aromatic carbocycles. The van der Waals surface area contributed by atoms with E-state index in [0.717, 1.165) is 22.9 Å². The lowest BCUT2D eigenvalue weighted by molar-refractivity contribution is 0.136. The van der Waals surface area contributed by atoms with Gasteiger partial charge in [0.05, 0.1) is 6.10 Å². The summed E-state index contributed by atoms with van der Waals surface area (Å²) in [6.07, 6.45) is 1.20. The zero-order valence-electron chi connectivity index (χ0n) is 9.16. The van der Waals surface area contributed by atoms with E-state index in [4.69, 9.17) is 4.74 Å². The highest BCUT2D eigenvalue weighted by molar-refractivity contribution is 9.10. The lowest BCUT2D eigenvalue weighted by atomic mass is 10.0. The van der Waals surface area contributed by atoms with Crippen LogP contribution in [0.25, 0.3) is 0 Å². The van der Waals surface area contributed by atoms with Crippen molar-refractivity contribution in [2.24, 2.45) is 0 Å². The maximum absolute atomic E-state index is 9.93. The summed E-state index contributed by atoms with van der Waals surface area (Å²) in [5, 5.41) is 9.93. The molecule has 0 spiro atoms. The summed E-state index contributed by atoms with van der Waals surface area (Å²) < 4.78 is 5.93. The van der Waals surface area contributed by atoms with E-state index in [1.165, 1.54) is 5.56 Å². The van der Waals surface area contributed by atoms with Crippen LogP contribution in [0.3, 0.4) is 0 Å². The van der Waals surface area contributed by atoms with E-state index in [-0.39, 0.29) is 0 Å². The van der Waals surface area contributed by atoms with Crippen molar-refractivity contribution in [1.82, 2.24) is 0 Å². The van der Waals surface area contributed by atoms with Gasteiger partial charge in [0.15, 0.2) is 0 Å². The number of ether oxygens (including phenoxy) is 1. The molecular formula is C12H17BrO2. The van der Waals surface area contributed by atoms with E-state index in [1.807, 2.05) is 25.1 Å². The van der Waals surface area contributed by atoms with Gasteiger partial charge < -0.3 is 9.84 Å². The minimum absolute atomic E-state index is 0.407. The first-order valence-corrected chi connectivity index (χ1v) is 5.87. The highest BCUT2D eigenvalue weighted by atomic mass is 79.9. The Balaban J connectivity index is 2.61. The van der Waals surface area contributed by atoms with Gasteiger partial charge in [0.1, 0.15) is 0 Å². The average molecular weight is 273 g/mol. The number of aliphatic hydroxyl groups excluding tert-OH is 1. The highest BCUT2D eigenvalue weighted by Gasteiger charge is 2.10. The molecule has 1 N–H and O–H groups in total. The molecule has 0 saturated carbocycles. The molecule has 0 heterocycles. The van der Waals surface area contributed by atoms with Gasteiger partial charge in [-0.1, -0.05) is 28.1 Å². The quantitative estimate of drug-likeness (QED) is 0.835. The third-order valence-electron chi connectivity index (χ3n) is 2.34. The Morgan fingerprint density at radius 2 is 2.20 bits per heavy atom. The molecule has 2 nitrogen and oxygen atoms in total. The van der Waals surface area contributed by atoms with Crippen molar-refractivity contribution in [2.45, 2.75) is 25.9 Å². The number of rotatable bonds is 5. The van der Waals surface area contributed by atoms with Gasteiger partial charge in [-0.05, 0) is 37.0 Å². The van der Waals surface area contributed by atoms with E-state index in [1.54, 1.807) is 7.11 Å². The van der Waals surface area contributed by atoms with Crippen LogP contribution in [0.15, 0.2) is 22.7 Å². The summed E-state index contributed by atoms with van der Waals surface area (Å²) in [5.74, 6) is 0. The molecule has 1 atom stereocenters. The average Bonchev–Trinajstić information content (AvgIpc) is 2.17. The van der Waals surface area contributed by atoms with Gasteiger partial charge in [-0.15, -0.1) is 0 Å². The highest BCUT2D eigenvalue weighted by Crippen LogP contribution is 2.27. The Hall–Kier alpha value is -0.380. The molecule has 0 aliphatic carbocycles. The van der Waals surface area contributed by atoms with Crippen LogP contribution in [0.5, 0.6) is 0 Å². The number of hydrogen-bond acceptors (Lipinski definition) is 2. The van der Waals surface area contributed by atoms with Gasteiger partial charge in [-0.2, -0.15) is 0 Å². The molecule has 15 heavy (non-hydrogen) atoms. The summed E-state index contributed by atoms with van der Waals surface area (Å²) in [6, 6.07) is 6.01. The van der Waals surface area contributed by atoms with Crippen LogP contribution >= 0.6 is 15.9 Å². The van der Waals surface area contributed by atoms with Crippen LogP contribution in [-0.2, 0) is 4.74 Å². The fourth-order valence-electron chi connectivity index (χ4n) is 1.48. The molecule has 0 radical (unpaired) electrons. The molecule has 0 aromatic heterocycles. The zero-order chi connectivity index (χ0) is 11.3. The molecular weight excluding hydrogens is 256 g/mol. The minimum atomic E-state index is -0.407. The summed E-state index contributed by atoms with van der Waals surface area (Å²) in [7, 11) is 1.67. The molecule has 0 fully saturated rings. The second-order valence-electron chi connectivity index (χ2n) is 3.68. The molecule has 1 aromatic rings. The van der Waals surface area contributed by atoms with Crippen LogP contribution in [0.2, 0.25) is 0 Å². The smallest absolute Gasteiger partial charge is 0.0801 e. The largest absolute Gasteiger partial charge is 0.388 e. The predicted molar refractivity (Wildman–Crippen MR) is 64.9 cm³/mol. The molecule has 1 unspecified atom stereocenters. The van der Waals surface area contributed by atoms with Gasteiger partial charge in [0.2, 0.25) is 0 Å². The Morgan fingerprint density at radius 1 is 1.47 bits per heavy atom. The maximum Gasteiger partial charge on any atom is 0.0801 e. The Morgan fingerprint density at radius 3 is 2.80 bits per heavy atom. The first-order chi connectivity index (χ1) is 7.15. The van der Waals surface area contributed by atoms with Crippen molar-refractivity contribution in [3.8, 4) is 0 Å². The van der Waals surface area contributed by atoms with E-state index < -0.39 is 6.10 Å². The molecule has 0 bridgehead atoms. The molecule has 0 aliphatic rings. The van der Waals surface area contributed by atoms with Crippen molar-refractivity contribution in [2.75, 3.05) is 13.7 Å². The van der Waals surface area contributed by atoms with Crippen LogP contribution in [0.1, 0.15) is 30.1 Å². The molecule has 0 aliphatic heterocycles. The number of benzene rings is 1. The van der Waals surface area contributed by atoms with Gasteiger partial charge >= 0.3 is 0 Å². The predicted octanol–water partition coefficient (Wildman–Crippen LogP) is 3.22. The fraction of sp³-hybridized carbons (Fsp3) is 0.500. The molecule has 3 heteroatoms. The topological polar surface area (TPSA) is 29.5 Å². The van der Waals surface area contributed by atoms with Gasteiger partial charge in [-0.25, -0.2) is 0 Å². The Labute approximate surface area is 99.4 Å². The summed E-state index contributed by atoms with van der Waals surface area (Å²) >= 11 is 3.47. The number of hydrogen-bond donors (Lipinski definition) is 1. The van der Waals surface area contributed by atoms with Crippen molar-refractivity contribution in [3.63, 3.8) is 0 Å². The van der Waals surface area contributed by atoms with Gasteiger partial charge in [-0.3, -0.25) is 0 Å². The maximum atomic E-state index is 9.93. The van der Waals surface area contributed by atoms with E-state index >= 15 is 0 Å². The van der Waals surface area contributed by atoms with Gasteiger partial charge in [0, 0.05) is 18.2 Å². The molecule has 1 rings (SSSR count). The molecule has 84 valence electrons. The van der Waals surface area contributed by atoms with Crippen LogP contribution in [-0.4, -0.2) is 18.8 Å². The standard InChI is InChI=1S/C12H17BrO2/c1-9-5-6-10(11(13)8-9)12(14)4-3-7-15-2/h5-6,8,12,14H,3-4,7H2,1-2H3. The van der Waals surface area contributed by atoms with Crippen molar-refractivity contribution >= 4 is 15.9 Å². The third kappa shape index (κ3) is 3.93. The first-order valence-electron chi connectivity index (χ1n) is 5.08. The summed E-state index contributed by atoms with van der Waals surface area (Å²) in [6.45, 7) is 2.73. The summed E-state index contributed by atoms with van der Waals surface area (Å²) in [4.78, 5) is 0. The van der Waals surface area contributed by atoms with E-state index in [2.05, 4.69) is 15.9 Å². The monoisotopic (exact) mass is 272 g/mol. The second kappa shape index (κ2) is 6.26. The first kappa shape index (κ1) is 12.7. The van der Waals surface area contributed by atoms with Crippen LogP contribution in [0, 0.1) is 6.92 Å². The number of halogens is 1. The van der Waals surface area contributed by atoms with E-state index in [9.17, 15) is 5.11 Å². The van der Waals surface area contributed by atoms with Crippen LogP contribution < -0.4 is 0 Å². The van der Waals surface area contributed by atoms with Crippen molar-refractivity contribution < 1.29 is 9.84 Å². The van der Waals surface area contributed by atoms with Gasteiger partial charge in [0.25, 0.3) is 0 Å². The number of aryl methyl sites for hydroxylation is 1. The number of aliphatic hydroxyl groups is 1. The van der Waals surface area contributed by atoms with E-state index in [0.29, 0.717) is 6.61 Å². The minimum Gasteiger partial charge on any atom is -0.388 e. The fourth-order valence-corrected chi connectivity index (χ4v) is 2.24. The SMILES string of the molecule is COCCCC(O)c1ccc(C)cc1Br. The Kier molecular flexibility index (Phi) is 5.29. The molecule has 0 amide bonds.